The molecule has 0 unspecified atom stereocenters. The Morgan fingerprint density at radius 3 is 2.57 bits per heavy atom. The lowest BCUT2D eigenvalue weighted by molar-refractivity contribution is -0.118. The smallest absolute Gasteiger partial charge is 0.227 e. The predicted octanol–water partition coefficient (Wildman–Crippen LogP) is 5.12. The van der Waals surface area contributed by atoms with Crippen LogP contribution in [0.2, 0.25) is 19.1 Å². The summed E-state index contributed by atoms with van der Waals surface area (Å²) >= 11 is 0. The van der Waals surface area contributed by atoms with Crippen molar-refractivity contribution in [2.24, 2.45) is 0 Å². The molecule has 0 atom stereocenters. The van der Waals surface area contributed by atoms with Crippen LogP contribution in [0.15, 0.2) is 61.1 Å². The van der Waals surface area contributed by atoms with Gasteiger partial charge in [0.15, 0.2) is 14.1 Å². The summed E-state index contributed by atoms with van der Waals surface area (Å²) in [5, 5.41) is 3.27. The van der Waals surface area contributed by atoms with Gasteiger partial charge in [0.2, 0.25) is 5.91 Å². The molecule has 4 rings (SSSR count). The molecular weight excluding hydrogens is 480 g/mol. The van der Waals surface area contributed by atoms with Crippen LogP contribution in [0.25, 0.3) is 0 Å². The molecule has 37 heavy (non-hydrogen) atoms. The number of ketones is 1. The standard InChI is InChI=1S/C29H36N4O3Si/c1-29(2)20-33(27(35)8-6-16-37(3,4)36)25-17-22(9-10-24(25)29)18-26(34)23-7-5-13-31-28(23)32-19-21-11-14-30-15-12-21/h5,7,9-15,17,36H,6,8,16,18-20H2,1-4H3,(H,31,32). The fourth-order valence-corrected chi connectivity index (χ4v) is 5.86. The van der Waals surface area contributed by atoms with Crippen LogP contribution in [0.5, 0.6) is 0 Å². The molecule has 1 aliphatic heterocycles. The molecule has 0 spiro atoms. The average Bonchev–Trinajstić information content (AvgIpc) is 3.13. The Bertz CT molecular complexity index is 1270. The van der Waals surface area contributed by atoms with Gasteiger partial charge in [0.05, 0.1) is 5.56 Å². The Morgan fingerprint density at radius 2 is 1.84 bits per heavy atom. The summed E-state index contributed by atoms with van der Waals surface area (Å²) in [6.07, 6.45) is 6.47. The average molecular weight is 517 g/mol. The molecule has 8 heteroatoms. The highest BCUT2D eigenvalue weighted by Crippen LogP contribution is 2.41. The summed E-state index contributed by atoms with van der Waals surface area (Å²) in [5.41, 5.74) is 4.31. The van der Waals surface area contributed by atoms with Gasteiger partial charge in [-0.25, -0.2) is 4.98 Å². The van der Waals surface area contributed by atoms with Crippen molar-refractivity contribution in [2.45, 2.75) is 64.2 Å². The van der Waals surface area contributed by atoms with E-state index in [0.29, 0.717) is 43.4 Å². The number of benzene rings is 1. The third-order valence-electron chi connectivity index (χ3n) is 6.80. The van der Waals surface area contributed by atoms with Crippen LogP contribution in [0.3, 0.4) is 0 Å². The molecule has 2 aromatic heterocycles. The van der Waals surface area contributed by atoms with Gasteiger partial charge in [-0.05, 0) is 72.6 Å². The second kappa shape index (κ2) is 10.9. The van der Waals surface area contributed by atoms with Crippen molar-refractivity contribution in [1.29, 1.82) is 0 Å². The van der Waals surface area contributed by atoms with Crippen molar-refractivity contribution in [3.8, 4) is 0 Å². The van der Waals surface area contributed by atoms with Crippen molar-refractivity contribution in [2.75, 3.05) is 16.8 Å². The van der Waals surface area contributed by atoms with Crippen molar-refractivity contribution in [3.63, 3.8) is 0 Å². The highest BCUT2D eigenvalue weighted by atomic mass is 28.4. The lowest BCUT2D eigenvalue weighted by Crippen LogP contribution is -2.34. The fourth-order valence-electron chi connectivity index (χ4n) is 4.82. The first kappa shape index (κ1) is 26.7. The molecule has 194 valence electrons. The molecule has 7 nitrogen and oxygen atoms in total. The molecule has 3 heterocycles. The second-order valence-electron chi connectivity index (χ2n) is 11.1. The van der Waals surface area contributed by atoms with Crippen LogP contribution in [-0.4, -0.2) is 41.3 Å². The third kappa shape index (κ3) is 6.70. The number of carbonyl (C=O) groups is 2. The first-order valence-electron chi connectivity index (χ1n) is 12.8. The summed E-state index contributed by atoms with van der Waals surface area (Å²) in [6.45, 7) is 9.24. The van der Waals surface area contributed by atoms with Gasteiger partial charge in [0.1, 0.15) is 5.82 Å². The SMILES string of the molecule is CC1(C)CN(C(=O)CCC[Si](C)(C)O)c2cc(CC(=O)c3cccnc3NCc3ccncc3)ccc21. The summed E-state index contributed by atoms with van der Waals surface area (Å²) in [7, 11) is -2.17. The molecule has 0 saturated heterocycles. The van der Waals surface area contributed by atoms with Crippen LogP contribution < -0.4 is 10.2 Å². The fraction of sp³-hybridized carbons (Fsp3) is 0.379. The van der Waals surface area contributed by atoms with E-state index < -0.39 is 8.32 Å². The van der Waals surface area contributed by atoms with Gasteiger partial charge < -0.3 is 15.0 Å². The van der Waals surface area contributed by atoms with E-state index in [1.807, 2.05) is 42.3 Å². The quantitative estimate of drug-likeness (QED) is 0.287. The Morgan fingerprint density at radius 1 is 1.08 bits per heavy atom. The number of amides is 1. The summed E-state index contributed by atoms with van der Waals surface area (Å²) in [4.78, 5) is 46.9. The van der Waals surface area contributed by atoms with Gasteiger partial charge in [-0.15, -0.1) is 0 Å². The molecule has 2 N–H and O–H groups in total. The largest absolute Gasteiger partial charge is 0.432 e. The molecule has 3 aromatic rings. The number of nitrogens with zero attached hydrogens (tertiary/aromatic N) is 3. The van der Waals surface area contributed by atoms with Crippen molar-refractivity contribution < 1.29 is 14.4 Å². The summed E-state index contributed by atoms with van der Waals surface area (Å²) in [5.74, 6) is 0.595. The van der Waals surface area contributed by atoms with Gasteiger partial charge in [-0.3, -0.25) is 14.6 Å². The van der Waals surface area contributed by atoms with E-state index in [-0.39, 0.29) is 23.5 Å². The van der Waals surface area contributed by atoms with Crippen LogP contribution in [0, 0.1) is 0 Å². The zero-order valence-corrected chi connectivity index (χ0v) is 23.1. The van der Waals surface area contributed by atoms with Gasteiger partial charge in [0.25, 0.3) is 0 Å². The van der Waals surface area contributed by atoms with E-state index in [1.54, 1.807) is 30.7 Å². The number of aromatic nitrogens is 2. The monoisotopic (exact) mass is 516 g/mol. The molecular formula is C29H36N4O3Si. The second-order valence-corrected chi connectivity index (χ2v) is 15.2. The lowest BCUT2D eigenvalue weighted by atomic mass is 9.86. The minimum Gasteiger partial charge on any atom is -0.432 e. The van der Waals surface area contributed by atoms with Crippen molar-refractivity contribution in [1.82, 2.24) is 9.97 Å². The maximum Gasteiger partial charge on any atom is 0.227 e. The Labute approximate surface area is 220 Å². The molecule has 1 aliphatic rings. The van der Waals surface area contributed by atoms with E-state index in [1.165, 1.54) is 0 Å². The van der Waals surface area contributed by atoms with E-state index >= 15 is 0 Å². The number of nitrogens with one attached hydrogen (secondary N) is 1. The zero-order chi connectivity index (χ0) is 26.6. The molecule has 1 amide bonds. The topological polar surface area (TPSA) is 95.4 Å². The number of Topliss-reactive ketones (excluding diaryl/α,β-unsaturated/α-hetero) is 1. The van der Waals surface area contributed by atoms with Crippen LogP contribution in [0.1, 0.15) is 53.7 Å². The van der Waals surface area contributed by atoms with Gasteiger partial charge in [-0.2, -0.15) is 0 Å². The van der Waals surface area contributed by atoms with Crippen LogP contribution in [-0.2, 0) is 23.2 Å². The highest BCUT2D eigenvalue weighted by molar-refractivity contribution is 6.69. The molecule has 0 bridgehead atoms. The van der Waals surface area contributed by atoms with Crippen molar-refractivity contribution >= 4 is 31.5 Å². The summed E-state index contributed by atoms with van der Waals surface area (Å²) in [6, 6.07) is 14.2. The first-order valence-corrected chi connectivity index (χ1v) is 16.0. The Hall–Kier alpha value is -3.36. The summed E-state index contributed by atoms with van der Waals surface area (Å²) < 4.78 is 0. The Kier molecular flexibility index (Phi) is 7.89. The van der Waals surface area contributed by atoms with Crippen molar-refractivity contribution in [3.05, 3.63) is 83.3 Å². The number of pyridine rings is 2. The van der Waals surface area contributed by atoms with Gasteiger partial charge in [0, 0.05) is 55.6 Å². The predicted molar refractivity (Wildman–Crippen MR) is 149 cm³/mol. The lowest BCUT2D eigenvalue weighted by Gasteiger charge is -2.21. The minimum atomic E-state index is -2.17. The molecule has 0 fully saturated rings. The van der Waals surface area contributed by atoms with E-state index in [4.69, 9.17) is 0 Å². The number of fused-ring (bicyclic) bond motifs is 1. The number of hydrogen-bond acceptors (Lipinski definition) is 6. The molecule has 0 aliphatic carbocycles. The van der Waals surface area contributed by atoms with Crippen LogP contribution in [0.4, 0.5) is 11.5 Å². The van der Waals surface area contributed by atoms with Gasteiger partial charge in [-0.1, -0.05) is 26.0 Å². The number of rotatable bonds is 10. The van der Waals surface area contributed by atoms with Crippen LogP contribution >= 0.6 is 0 Å². The molecule has 0 saturated carbocycles. The number of hydrogen-bond donors (Lipinski definition) is 2. The maximum atomic E-state index is 13.3. The highest BCUT2D eigenvalue weighted by Gasteiger charge is 2.38. The molecule has 1 aromatic carbocycles. The first-order chi connectivity index (χ1) is 17.5. The van der Waals surface area contributed by atoms with E-state index in [9.17, 15) is 14.4 Å². The van der Waals surface area contributed by atoms with E-state index in [0.717, 1.165) is 22.4 Å². The number of anilines is 2. The van der Waals surface area contributed by atoms with E-state index in [2.05, 4.69) is 35.2 Å². The third-order valence-corrected chi connectivity index (χ3v) is 8.38. The Balaban J connectivity index is 1.49. The maximum absolute atomic E-state index is 13.3. The van der Waals surface area contributed by atoms with Gasteiger partial charge >= 0.3 is 0 Å². The normalized spacial score (nSPS) is 14.4. The zero-order valence-electron chi connectivity index (χ0n) is 22.1. The minimum absolute atomic E-state index is 0.0319. The molecule has 0 radical (unpaired) electrons. The number of carbonyl (C=O) groups excluding carboxylic acids is 2.